The Morgan fingerprint density at radius 1 is 1.30 bits per heavy atom. The van der Waals surface area contributed by atoms with Gasteiger partial charge in [0.15, 0.2) is 0 Å². The van der Waals surface area contributed by atoms with E-state index in [0.29, 0.717) is 4.91 Å². The number of hydrogen-bond donors (Lipinski definition) is 0. The summed E-state index contributed by atoms with van der Waals surface area (Å²) in [4.78, 5) is 36.7. The third kappa shape index (κ3) is 2.75. The standard InChI is InChI=1S/C14H13NO4S/c1-9(13(17)19-2)15-12(16)11(20-14(15)18)8-10-6-4-3-5-7-10/h3-9H,1-2H3/b11-8-. The molecular weight excluding hydrogens is 278 g/mol. The number of esters is 1. The highest BCUT2D eigenvalue weighted by molar-refractivity contribution is 8.18. The number of ether oxygens (including phenoxy) is 1. The van der Waals surface area contributed by atoms with Crippen LogP contribution in [0.1, 0.15) is 12.5 Å². The molecule has 1 aromatic carbocycles. The summed E-state index contributed by atoms with van der Waals surface area (Å²) in [5.41, 5.74) is 0.823. The second-order valence-electron chi connectivity index (χ2n) is 4.16. The largest absolute Gasteiger partial charge is 0.467 e. The van der Waals surface area contributed by atoms with Crippen molar-refractivity contribution in [1.82, 2.24) is 4.90 Å². The van der Waals surface area contributed by atoms with Crippen molar-refractivity contribution in [2.24, 2.45) is 0 Å². The van der Waals surface area contributed by atoms with Crippen LogP contribution in [-0.2, 0) is 14.3 Å². The fourth-order valence-corrected chi connectivity index (χ4v) is 2.70. The Balaban J connectivity index is 2.25. The molecule has 1 atom stereocenters. The second-order valence-corrected chi connectivity index (χ2v) is 5.15. The molecule has 1 aromatic rings. The van der Waals surface area contributed by atoms with E-state index in [-0.39, 0.29) is 0 Å². The summed E-state index contributed by atoms with van der Waals surface area (Å²) < 4.78 is 4.56. The molecule has 0 bridgehead atoms. The Hall–Kier alpha value is -2.08. The molecule has 0 spiro atoms. The van der Waals surface area contributed by atoms with Gasteiger partial charge in [-0.3, -0.25) is 14.5 Å². The van der Waals surface area contributed by atoms with Crippen molar-refractivity contribution < 1.29 is 19.1 Å². The fourth-order valence-electron chi connectivity index (χ4n) is 1.79. The van der Waals surface area contributed by atoms with E-state index >= 15 is 0 Å². The van der Waals surface area contributed by atoms with Gasteiger partial charge in [0.1, 0.15) is 6.04 Å². The maximum atomic E-state index is 12.2. The van der Waals surface area contributed by atoms with Crippen LogP contribution in [0.2, 0.25) is 0 Å². The van der Waals surface area contributed by atoms with Crippen LogP contribution in [0.25, 0.3) is 6.08 Å². The van der Waals surface area contributed by atoms with Crippen LogP contribution in [0.5, 0.6) is 0 Å². The highest BCUT2D eigenvalue weighted by Gasteiger charge is 2.41. The minimum absolute atomic E-state index is 0.303. The summed E-state index contributed by atoms with van der Waals surface area (Å²) >= 11 is 0.824. The van der Waals surface area contributed by atoms with Crippen LogP contribution in [0.3, 0.4) is 0 Å². The van der Waals surface area contributed by atoms with Crippen molar-refractivity contribution in [1.29, 1.82) is 0 Å². The van der Waals surface area contributed by atoms with Crippen LogP contribution >= 0.6 is 11.8 Å². The number of hydrogen-bond acceptors (Lipinski definition) is 5. The van der Waals surface area contributed by atoms with E-state index in [1.807, 2.05) is 30.3 Å². The van der Waals surface area contributed by atoms with Gasteiger partial charge in [-0.2, -0.15) is 0 Å². The van der Waals surface area contributed by atoms with E-state index < -0.39 is 23.2 Å². The van der Waals surface area contributed by atoms with Crippen molar-refractivity contribution in [3.05, 3.63) is 40.8 Å². The third-order valence-electron chi connectivity index (χ3n) is 2.85. The van der Waals surface area contributed by atoms with Gasteiger partial charge in [0.05, 0.1) is 12.0 Å². The molecule has 0 N–H and O–H groups in total. The number of amides is 2. The Morgan fingerprint density at radius 2 is 1.95 bits per heavy atom. The Morgan fingerprint density at radius 3 is 2.55 bits per heavy atom. The molecule has 6 heteroatoms. The molecule has 0 radical (unpaired) electrons. The first-order chi connectivity index (χ1) is 9.54. The molecule has 1 saturated heterocycles. The lowest BCUT2D eigenvalue weighted by molar-refractivity contribution is -0.148. The molecule has 0 saturated carbocycles. The third-order valence-corrected chi connectivity index (χ3v) is 3.73. The normalized spacial score (nSPS) is 18.5. The minimum Gasteiger partial charge on any atom is -0.467 e. The van der Waals surface area contributed by atoms with E-state index in [1.54, 1.807) is 6.08 Å². The molecule has 2 amide bonds. The van der Waals surface area contributed by atoms with E-state index in [0.717, 1.165) is 22.2 Å². The molecule has 20 heavy (non-hydrogen) atoms. The number of thioether (sulfide) groups is 1. The number of benzene rings is 1. The summed E-state index contributed by atoms with van der Waals surface area (Å²) in [7, 11) is 1.22. The summed E-state index contributed by atoms with van der Waals surface area (Å²) in [6, 6.07) is 8.28. The van der Waals surface area contributed by atoms with Crippen LogP contribution in [0.15, 0.2) is 35.2 Å². The van der Waals surface area contributed by atoms with E-state index in [4.69, 9.17) is 0 Å². The molecule has 5 nitrogen and oxygen atoms in total. The van der Waals surface area contributed by atoms with Crippen molar-refractivity contribution >= 4 is 35.0 Å². The molecule has 0 aliphatic carbocycles. The molecule has 1 heterocycles. The number of methoxy groups -OCH3 is 1. The Labute approximate surface area is 120 Å². The molecular formula is C14H13NO4S. The Bertz CT molecular complexity index is 582. The predicted molar refractivity (Wildman–Crippen MR) is 75.7 cm³/mol. The number of imide groups is 1. The average Bonchev–Trinajstić information content (AvgIpc) is 2.73. The van der Waals surface area contributed by atoms with Gasteiger partial charge in [0.25, 0.3) is 11.1 Å². The smallest absolute Gasteiger partial charge is 0.328 e. The van der Waals surface area contributed by atoms with Crippen LogP contribution in [0, 0.1) is 0 Å². The number of carbonyl (C=O) groups excluding carboxylic acids is 3. The number of carbonyl (C=O) groups is 3. The average molecular weight is 291 g/mol. The van der Waals surface area contributed by atoms with E-state index in [2.05, 4.69) is 4.74 Å². The number of rotatable bonds is 3. The SMILES string of the molecule is COC(=O)C(C)N1C(=O)S/C(=C\c2ccccc2)C1=O. The van der Waals surface area contributed by atoms with Crippen LogP contribution in [0.4, 0.5) is 4.79 Å². The molecule has 0 aromatic heterocycles. The first kappa shape index (κ1) is 14.3. The first-order valence-electron chi connectivity index (χ1n) is 5.94. The van der Waals surface area contributed by atoms with Gasteiger partial charge in [-0.15, -0.1) is 0 Å². The predicted octanol–water partition coefficient (Wildman–Crippen LogP) is 2.28. The Kier molecular flexibility index (Phi) is 4.24. The summed E-state index contributed by atoms with van der Waals surface area (Å²) in [5.74, 6) is -1.09. The zero-order valence-corrected chi connectivity index (χ0v) is 11.8. The highest BCUT2D eigenvalue weighted by Crippen LogP contribution is 2.33. The van der Waals surface area contributed by atoms with Gasteiger partial charge < -0.3 is 4.74 Å². The molecule has 1 unspecified atom stereocenters. The summed E-state index contributed by atoms with van der Waals surface area (Å²) in [5, 5.41) is -0.463. The van der Waals surface area contributed by atoms with Crippen molar-refractivity contribution in [2.75, 3.05) is 7.11 Å². The number of nitrogens with zero attached hydrogens (tertiary/aromatic N) is 1. The van der Waals surface area contributed by atoms with Gasteiger partial charge >= 0.3 is 5.97 Å². The van der Waals surface area contributed by atoms with Crippen molar-refractivity contribution in [2.45, 2.75) is 13.0 Å². The molecule has 1 fully saturated rings. The van der Waals surface area contributed by atoms with Crippen LogP contribution < -0.4 is 0 Å². The zero-order chi connectivity index (χ0) is 14.7. The second kappa shape index (κ2) is 5.92. The minimum atomic E-state index is -0.922. The van der Waals surface area contributed by atoms with Gasteiger partial charge in [-0.25, -0.2) is 4.79 Å². The molecule has 1 aliphatic rings. The van der Waals surface area contributed by atoms with Gasteiger partial charge in [0.2, 0.25) is 0 Å². The summed E-state index contributed by atoms with van der Waals surface area (Å²) in [6.45, 7) is 1.47. The van der Waals surface area contributed by atoms with Gasteiger partial charge in [-0.1, -0.05) is 30.3 Å². The lowest BCUT2D eigenvalue weighted by Gasteiger charge is -2.18. The molecule has 2 rings (SSSR count). The quantitative estimate of drug-likeness (QED) is 0.631. The van der Waals surface area contributed by atoms with Gasteiger partial charge in [-0.05, 0) is 30.3 Å². The van der Waals surface area contributed by atoms with E-state index in [1.165, 1.54) is 14.0 Å². The molecule has 104 valence electrons. The fraction of sp³-hybridized carbons (Fsp3) is 0.214. The van der Waals surface area contributed by atoms with Crippen LogP contribution in [-0.4, -0.2) is 35.2 Å². The maximum Gasteiger partial charge on any atom is 0.328 e. The topological polar surface area (TPSA) is 63.7 Å². The first-order valence-corrected chi connectivity index (χ1v) is 6.76. The monoisotopic (exact) mass is 291 g/mol. The lowest BCUT2D eigenvalue weighted by atomic mass is 10.2. The summed E-state index contributed by atoms with van der Waals surface area (Å²) in [6.07, 6.45) is 1.63. The van der Waals surface area contributed by atoms with Crippen molar-refractivity contribution in [3.63, 3.8) is 0 Å². The zero-order valence-electron chi connectivity index (χ0n) is 11.0. The lowest BCUT2D eigenvalue weighted by Crippen LogP contribution is -2.42. The maximum absolute atomic E-state index is 12.2. The molecule has 1 aliphatic heterocycles. The van der Waals surface area contributed by atoms with Gasteiger partial charge in [0, 0.05) is 0 Å². The van der Waals surface area contributed by atoms with E-state index in [9.17, 15) is 14.4 Å². The highest BCUT2D eigenvalue weighted by atomic mass is 32.2. The van der Waals surface area contributed by atoms with Crippen molar-refractivity contribution in [3.8, 4) is 0 Å².